The number of nitrogens with one attached hydrogen (secondary N) is 1. The maximum Gasteiger partial charge on any atom is -0.00173 e. The van der Waals surface area contributed by atoms with Gasteiger partial charge in [0.15, 0.2) is 0 Å². The van der Waals surface area contributed by atoms with Crippen molar-refractivity contribution in [2.45, 2.75) is 25.7 Å². The van der Waals surface area contributed by atoms with Crippen LogP contribution in [0.2, 0.25) is 0 Å². The van der Waals surface area contributed by atoms with Crippen LogP contribution < -0.4 is 5.32 Å². The van der Waals surface area contributed by atoms with Crippen molar-refractivity contribution < 1.29 is 0 Å². The molecule has 0 radical (unpaired) electrons. The van der Waals surface area contributed by atoms with Crippen LogP contribution in [-0.2, 0) is 0 Å². The number of hydrogen-bond donors (Lipinski definition) is 1. The molecule has 3 unspecified atom stereocenters. The molecule has 14 heavy (non-hydrogen) atoms. The van der Waals surface area contributed by atoms with Crippen LogP contribution in [0.15, 0.2) is 23.8 Å². The Morgan fingerprint density at radius 3 is 3.14 bits per heavy atom. The van der Waals surface area contributed by atoms with Gasteiger partial charge < -0.3 is 5.32 Å². The van der Waals surface area contributed by atoms with Crippen LogP contribution in [-0.4, -0.2) is 13.1 Å². The molecule has 3 atom stereocenters. The Morgan fingerprint density at radius 1 is 1.36 bits per heavy atom. The van der Waals surface area contributed by atoms with E-state index in [1.807, 2.05) is 0 Å². The molecule has 0 aromatic heterocycles. The highest BCUT2D eigenvalue weighted by molar-refractivity contribution is 5.30. The zero-order chi connectivity index (χ0) is 9.38. The minimum absolute atomic E-state index is 0.898. The van der Waals surface area contributed by atoms with Crippen molar-refractivity contribution in [3.8, 4) is 0 Å². The van der Waals surface area contributed by atoms with E-state index < -0.39 is 0 Å². The molecule has 3 rings (SSSR count). The molecule has 1 N–H and O–H groups in total. The first-order valence-electron chi connectivity index (χ1n) is 6.01. The smallest absolute Gasteiger partial charge is 0.00173 e. The average Bonchev–Trinajstić information content (AvgIpc) is 2.97. The topological polar surface area (TPSA) is 12.0 Å². The minimum atomic E-state index is 0.898. The fraction of sp³-hybridized carbons (Fsp3) is 0.692. The summed E-state index contributed by atoms with van der Waals surface area (Å²) in [4.78, 5) is 0. The van der Waals surface area contributed by atoms with Gasteiger partial charge in [0.2, 0.25) is 0 Å². The summed E-state index contributed by atoms with van der Waals surface area (Å²) in [7, 11) is 0. The van der Waals surface area contributed by atoms with Crippen LogP contribution in [0, 0.1) is 17.8 Å². The maximum atomic E-state index is 3.49. The molecule has 1 heteroatoms. The van der Waals surface area contributed by atoms with Gasteiger partial charge in [-0.2, -0.15) is 0 Å². The molecule has 0 amide bonds. The molecule has 1 heterocycles. The molecule has 2 fully saturated rings. The molecule has 0 aromatic rings. The van der Waals surface area contributed by atoms with Crippen molar-refractivity contribution in [1.82, 2.24) is 5.32 Å². The fourth-order valence-corrected chi connectivity index (χ4v) is 2.79. The summed E-state index contributed by atoms with van der Waals surface area (Å²) >= 11 is 0. The van der Waals surface area contributed by atoms with Gasteiger partial charge in [0.1, 0.15) is 0 Å². The van der Waals surface area contributed by atoms with Gasteiger partial charge in [-0.05, 0) is 56.5 Å². The predicted octanol–water partition coefficient (Wildman–Crippen LogP) is 2.51. The third-order valence-corrected chi connectivity index (χ3v) is 3.80. The van der Waals surface area contributed by atoms with E-state index in [9.17, 15) is 0 Å². The van der Waals surface area contributed by atoms with Gasteiger partial charge in [-0.1, -0.05) is 23.8 Å². The van der Waals surface area contributed by atoms with Crippen LogP contribution in [0.1, 0.15) is 25.7 Å². The number of piperidine rings is 1. The monoisotopic (exact) mass is 189 g/mol. The molecule has 76 valence electrons. The summed E-state index contributed by atoms with van der Waals surface area (Å²) in [5.41, 5.74) is 1.61. The summed E-state index contributed by atoms with van der Waals surface area (Å²) in [5, 5.41) is 3.49. The van der Waals surface area contributed by atoms with Gasteiger partial charge in [-0.15, -0.1) is 0 Å². The van der Waals surface area contributed by atoms with E-state index in [-0.39, 0.29) is 0 Å². The quantitative estimate of drug-likeness (QED) is 0.704. The van der Waals surface area contributed by atoms with E-state index >= 15 is 0 Å². The molecule has 1 aliphatic heterocycles. The van der Waals surface area contributed by atoms with Gasteiger partial charge in [0, 0.05) is 0 Å². The normalized spacial score (nSPS) is 40.3. The van der Waals surface area contributed by atoms with Crippen molar-refractivity contribution in [2.24, 2.45) is 17.8 Å². The Bertz CT molecular complexity index is 271. The SMILES string of the molecule is C1=CC2CC2C=C1CC1CCCNC1. The second-order valence-corrected chi connectivity index (χ2v) is 5.08. The van der Waals surface area contributed by atoms with Gasteiger partial charge in [-0.3, -0.25) is 0 Å². The summed E-state index contributed by atoms with van der Waals surface area (Å²) in [6, 6.07) is 0. The number of hydrogen-bond acceptors (Lipinski definition) is 1. The van der Waals surface area contributed by atoms with Gasteiger partial charge in [-0.25, -0.2) is 0 Å². The van der Waals surface area contributed by atoms with E-state index in [1.54, 1.807) is 5.57 Å². The maximum absolute atomic E-state index is 3.49. The molecule has 0 aromatic carbocycles. The first-order valence-corrected chi connectivity index (χ1v) is 6.01. The Balaban J connectivity index is 1.58. The highest BCUT2D eigenvalue weighted by atomic mass is 14.9. The largest absolute Gasteiger partial charge is 0.316 e. The molecule has 1 nitrogen and oxygen atoms in total. The molecule has 1 saturated carbocycles. The van der Waals surface area contributed by atoms with Crippen molar-refractivity contribution in [1.29, 1.82) is 0 Å². The Kier molecular flexibility index (Phi) is 2.21. The molecular formula is C13H19N. The first kappa shape index (κ1) is 8.72. The lowest BCUT2D eigenvalue weighted by molar-refractivity contribution is 0.376. The van der Waals surface area contributed by atoms with E-state index in [1.165, 1.54) is 38.8 Å². The standard InChI is InChI=1S/C13H19N/c1-2-11(9-14-5-1)6-10-3-4-12-8-13(12)7-10/h3-4,7,11-14H,1-2,5-6,8-9H2. The van der Waals surface area contributed by atoms with Crippen molar-refractivity contribution >= 4 is 0 Å². The van der Waals surface area contributed by atoms with Gasteiger partial charge in [0.25, 0.3) is 0 Å². The van der Waals surface area contributed by atoms with Crippen molar-refractivity contribution in [2.75, 3.05) is 13.1 Å². The van der Waals surface area contributed by atoms with Gasteiger partial charge >= 0.3 is 0 Å². The van der Waals surface area contributed by atoms with Crippen LogP contribution in [0.3, 0.4) is 0 Å². The molecule has 1 saturated heterocycles. The molecular weight excluding hydrogens is 170 g/mol. The highest BCUT2D eigenvalue weighted by Crippen LogP contribution is 2.45. The van der Waals surface area contributed by atoms with Crippen molar-refractivity contribution in [3.05, 3.63) is 23.8 Å². The van der Waals surface area contributed by atoms with Crippen LogP contribution in [0.5, 0.6) is 0 Å². The zero-order valence-electron chi connectivity index (χ0n) is 8.71. The Morgan fingerprint density at radius 2 is 2.36 bits per heavy atom. The van der Waals surface area contributed by atoms with E-state index in [0.29, 0.717) is 0 Å². The van der Waals surface area contributed by atoms with E-state index in [0.717, 1.165) is 17.8 Å². The lowest BCUT2D eigenvalue weighted by Crippen LogP contribution is -2.29. The van der Waals surface area contributed by atoms with Gasteiger partial charge in [0.05, 0.1) is 0 Å². The Hall–Kier alpha value is -0.560. The summed E-state index contributed by atoms with van der Waals surface area (Å²) in [5.74, 6) is 2.74. The van der Waals surface area contributed by atoms with Crippen LogP contribution in [0.4, 0.5) is 0 Å². The third-order valence-electron chi connectivity index (χ3n) is 3.80. The zero-order valence-corrected chi connectivity index (χ0v) is 8.71. The number of rotatable bonds is 2. The number of allylic oxidation sites excluding steroid dienone is 4. The lowest BCUT2D eigenvalue weighted by Gasteiger charge is -2.23. The van der Waals surface area contributed by atoms with Crippen LogP contribution >= 0.6 is 0 Å². The summed E-state index contributed by atoms with van der Waals surface area (Å²) < 4.78 is 0. The molecule has 2 aliphatic carbocycles. The minimum Gasteiger partial charge on any atom is -0.316 e. The highest BCUT2D eigenvalue weighted by Gasteiger charge is 2.35. The second kappa shape index (κ2) is 3.54. The fourth-order valence-electron chi connectivity index (χ4n) is 2.79. The van der Waals surface area contributed by atoms with Crippen molar-refractivity contribution in [3.63, 3.8) is 0 Å². The second-order valence-electron chi connectivity index (χ2n) is 5.08. The third kappa shape index (κ3) is 1.78. The van der Waals surface area contributed by atoms with E-state index in [4.69, 9.17) is 0 Å². The predicted molar refractivity (Wildman–Crippen MR) is 59.0 cm³/mol. The molecule has 3 aliphatic rings. The average molecular weight is 189 g/mol. The lowest BCUT2D eigenvalue weighted by atomic mass is 9.90. The summed E-state index contributed by atoms with van der Waals surface area (Å²) in [6.07, 6.45) is 12.9. The Labute approximate surface area is 86.3 Å². The summed E-state index contributed by atoms with van der Waals surface area (Å²) in [6.45, 7) is 2.47. The molecule has 0 bridgehead atoms. The first-order chi connectivity index (χ1) is 6.92. The van der Waals surface area contributed by atoms with E-state index in [2.05, 4.69) is 23.5 Å². The van der Waals surface area contributed by atoms with Crippen LogP contribution in [0.25, 0.3) is 0 Å². The molecule has 0 spiro atoms. The number of fused-ring (bicyclic) bond motifs is 1.